The second kappa shape index (κ2) is 12.0. The zero-order chi connectivity index (χ0) is 27.3. The SMILES string of the molecule is CCCCCCCNc1cc(N(CC2=Nc3ccccc3C2)C(=O)OC(C)(C)C)n2ncc(C(C)C)c2n1. The number of fused-ring (bicyclic) bond motifs is 2. The second-order valence-corrected chi connectivity index (χ2v) is 11.4. The summed E-state index contributed by atoms with van der Waals surface area (Å²) >= 11 is 0. The number of benzene rings is 1. The minimum Gasteiger partial charge on any atom is -0.443 e. The van der Waals surface area contributed by atoms with E-state index in [0.29, 0.717) is 18.8 Å². The lowest BCUT2D eigenvalue weighted by molar-refractivity contribution is 0.0584. The van der Waals surface area contributed by atoms with E-state index in [4.69, 9.17) is 14.7 Å². The lowest BCUT2D eigenvalue weighted by Crippen LogP contribution is -2.41. The van der Waals surface area contributed by atoms with E-state index in [0.717, 1.165) is 47.0 Å². The molecule has 1 aliphatic heterocycles. The fourth-order valence-electron chi connectivity index (χ4n) is 4.63. The number of amides is 1. The third kappa shape index (κ3) is 6.71. The monoisotopic (exact) mass is 518 g/mol. The molecule has 38 heavy (non-hydrogen) atoms. The molecule has 2 aromatic heterocycles. The molecule has 4 rings (SSSR count). The molecule has 3 aromatic rings. The van der Waals surface area contributed by atoms with Crippen molar-refractivity contribution in [2.45, 2.75) is 91.6 Å². The van der Waals surface area contributed by atoms with Crippen LogP contribution in [0.3, 0.4) is 0 Å². The number of aliphatic imine (C=N–C) groups is 1. The first-order valence-corrected chi connectivity index (χ1v) is 13.9. The Morgan fingerprint density at radius 2 is 1.92 bits per heavy atom. The highest BCUT2D eigenvalue weighted by atomic mass is 16.6. The summed E-state index contributed by atoms with van der Waals surface area (Å²) in [7, 11) is 0. The topological polar surface area (TPSA) is 84.1 Å². The highest BCUT2D eigenvalue weighted by Gasteiger charge is 2.29. The molecule has 0 spiro atoms. The van der Waals surface area contributed by atoms with Crippen LogP contribution in [0.15, 0.2) is 41.5 Å². The van der Waals surface area contributed by atoms with Crippen molar-refractivity contribution in [1.82, 2.24) is 14.6 Å². The Bertz CT molecular complexity index is 1290. The average molecular weight is 519 g/mol. The number of hydrogen-bond donors (Lipinski definition) is 1. The summed E-state index contributed by atoms with van der Waals surface area (Å²) in [6, 6.07) is 10.0. The maximum absolute atomic E-state index is 13.6. The number of carbonyl (C=O) groups is 1. The van der Waals surface area contributed by atoms with Crippen molar-refractivity contribution >= 4 is 34.8 Å². The van der Waals surface area contributed by atoms with Gasteiger partial charge in [0.25, 0.3) is 0 Å². The number of carbonyl (C=O) groups excluding carboxylic acids is 1. The van der Waals surface area contributed by atoms with Crippen molar-refractivity contribution in [3.63, 3.8) is 0 Å². The van der Waals surface area contributed by atoms with Gasteiger partial charge in [0.1, 0.15) is 17.2 Å². The molecule has 0 aliphatic carbocycles. The summed E-state index contributed by atoms with van der Waals surface area (Å²) in [5.41, 5.74) is 4.16. The number of anilines is 2. The molecular weight excluding hydrogens is 476 g/mol. The Morgan fingerprint density at radius 1 is 1.16 bits per heavy atom. The molecule has 204 valence electrons. The Labute approximate surface area is 226 Å². The maximum atomic E-state index is 13.6. The van der Waals surface area contributed by atoms with Crippen LogP contribution in [0.2, 0.25) is 0 Å². The van der Waals surface area contributed by atoms with E-state index in [-0.39, 0.29) is 5.92 Å². The predicted molar refractivity (Wildman–Crippen MR) is 155 cm³/mol. The summed E-state index contributed by atoms with van der Waals surface area (Å²) in [5.74, 6) is 1.58. The van der Waals surface area contributed by atoms with Gasteiger partial charge in [-0.05, 0) is 44.7 Å². The van der Waals surface area contributed by atoms with E-state index in [1.807, 2.05) is 51.2 Å². The van der Waals surface area contributed by atoms with Gasteiger partial charge in [0.15, 0.2) is 5.65 Å². The van der Waals surface area contributed by atoms with Gasteiger partial charge in [-0.1, -0.05) is 64.7 Å². The number of ether oxygens (including phenoxy) is 1. The molecule has 0 atom stereocenters. The Balaban J connectivity index is 1.69. The maximum Gasteiger partial charge on any atom is 0.416 e. The fraction of sp³-hybridized carbons (Fsp3) is 0.533. The second-order valence-electron chi connectivity index (χ2n) is 11.4. The normalized spacial score (nSPS) is 13.1. The standard InChI is InChI=1S/C30H42N6O2/c1-7-8-9-10-13-16-31-26-18-27(36-28(34-26)24(19-32-36)21(2)3)35(29(37)38-30(4,5)6)20-23-17-22-14-11-12-15-25(22)33-23/h11-12,14-15,18-19,21H,7-10,13,16-17,20H2,1-6H3,(H,31,34). The molecule has 3 heterocycles. The van der Waals surface area contributed by atoms with E-state index in [1.54, 1.807) is 9.42 Å². The van der Waals surface area contributed by atoms with Crippen molar-refractivity contribution in [3.05, 3.63) is 47.7 Å². The summed E-state index contributed by atoms with van der Waals surface area (Å²) in [6.45, 7) is 13.2. The van der Waals surface area contributed by atoms with Crippen LogP contribution in [0.1, 0.15) is 90.7 Å². The molecular formula is C30H42N6O2. The Kier molecular flexibility index (Phi) is 8.69. The molecule has 0 radical (unpaired) electrons. The van der Waals surface area contributed by atoms with Gasteiger partial charge >= 0.3 is 6.09 Å². The van der Waals surface area contributed by atoms with E-state index in [1.165, 1.54) is 25.7 Å². The number of unbranched alkanes of at least 4 members (excludes halogenated alkanes) is 4. The first-order chi connectivity index (χ1) is 18.2. The predicted octanol–water partition coefficient (Wildman–Crippen LogP) is 7.31. The quantitative estimate of drug-likeness (QED) is 0.269. The lowest BCUT2D eigenvalue weighted by atomic mass is 10.1. The Morgan fingerprint density at radius 3 is 2.63 bits per heavy atom. The molecule has 1 amide bonds. The number of hydrogen-bond acceptors (Lipinski definition) is 6. The number of nitrogens with zero attached hydrogens (tertiary/aromatic N) is 5. The zero-order valence-electron chi connectivity index (χ0n) is 23.8. The van der Waals surface area contributed by atoms with Crippen LogP contribution in [-0.2, 0) is 11.2 Å². The molecule has 0 bridgehead atoms. The molecule has 1 N–H and O–H groups in total. The number of para-hydroxylation sites is 1. The number of aromatic nitrogens is 3. The van der Waals surface area contributed by atoms with Crippen LogP contribution in [-0.4, -0.2) is 45.1 Å². The number of nitrogens with one attached hydrogen (secondary N) is 1. The van der Waals surface area contributed by atoms with Crippen molar-refractivity contribution in [2.24, 2.45) is 4.99 Å². The zero-order valence-corrected chi connectivity index (χ0v) is 23.8. The van der Waals surface area contributed by atoms with Crippen molar-refractivity contribution in [1.29, 1.82) is 0 Å². The van der Waals surface area contributed by atoms with Crippen molar-refractivity contribution < 1.29 is 9.53 Å². The van der Waals surface area contributed by atoms with Crippen LogP contribution in [0.5, 0.6) is 0 Å². The molecule has 8 nitrogen and oxygen atoms in total. The molecule has 0 saturated carbocycles. The van der Waals surface area contributed by atoms with Crippen LogP contribution in [0, 0.1) is 0 Å². The van der Waals surface area contributed by atoms with E-state index in [9.17, 15) is 4.79 Å². The summed E-state index contributed by atoms with van der Waals surface area (Å²) in [5, 5.41) is 8.16. The minimum absolute atomic E-state index is 0.237. The van der Waals surface area contributed by atoms with Crippen LogP contribution < -0.4 is 10.2 Å². The number of rotatable bonds is 11. The smallest absolute Gasteiger partial charge is 0.416 e. The van der Waals surface area contributed by atoms with Gasteiger partial charge in [0.05, 0.1) is 18.4 Å². The first-order valence-electron chi connectivity index (χ1n) is 13.9. The van der Waals surface area contributed by atoms with Crippen LogP contribution >= 0.6 is 0 Å². The van der Waals surface area contributed by atoms with Crippen molar-refractivity contribution in [3.8, 4) is 0 Å². The van der Waals surface area contributed by atoms with Gasteiger partial charge in [0, 0.05) is 30.3 Å². The first kappa shape index (κ1) is 27.6. The molecule has 0 unspecified atom stereocenters. The van der Waals surface area contributed by atoms with Gasteiger partial charge in [-0.3, -0.25) is 9.89 Å². The molecule has 1 aliphatic rings. The van der Waals surface area contributed by atoms with Gasteiger partial charge < -0.3 is 10.1 Å². The minimum atomic E-state index is -0.644. The summed E-state index contributed by atoms with van der Waals surface area (Å²) in [6.07, 6.45) is 8.10. The third-order valence-electron chi connectivity index (χ3n) is 6.58. The van der Waals surface area contributed by atoms with E-state index >= 15 is 0 Å². The fourth-order valence-corrected chi connectivity index (χ4v) is 4.63. The molecule has 8 heteroatoms. The van der Waals surface area contributed by atoms with Crippen molar-refractivity contribution in [2.75, 3.05) is 23.3 Å². The summed E-state index contributed by atoms with van der Waals surface area (Å²) < 4.78 is 7.63. The van der Waals surface area contributed by atoms with Gasteiger partial charge in [-0.15, -0.1) is 0 Å². The van der Waals surface area contributed by atoms with Gasteiger partial charge in [0.2, 0.25) is 0 Å². The third-order valence-corrected chi connectivity index (χ3v) is 6.58. The molecule has 0 saturated heterocycles. The summed E-state index contributed by atoms with van der Waals surface area (Å²) in [4.78, 5) is 25.0. The van der Waals surface area contributed by atoms with Gasteiger partial charge in [-0.25, -0.2) is 9.78 Å². The molecule has 1 aromatic carbocycles. The van der Waals surface area contributed by atoms with Gasteiger partial charge in [-0.2, -0.15) is 9.61 Å². The van der Waals surface area contributed by atoms with Crippen LogP contribution in [0.25, 0.3) is 5.65 Å². The van der Waals surface area contributed by atoms with Crippen LogP contribution in [0.4, 0.5) is 22.1 Å². The molecule has 0 fully saturated rings. The highest BCUT2D eigenvalue weighted by molar-refractivity contribution is 6.02. The van der Waals surface area contributed by atoms with E-state index in [2.05, 4.69) is 37.3 Å². The largest absolute Gasteiger partial charge is 0.443 e. The van der Waals surface area contributed by atoms with E-state index < -0.39 is 11.7 Å². The lowest BCUT2D eigenvalue weighted by Gasteiger charge is -2.28. The Hall–Kier alpha value is -3.42. The highest BCUT2D eigenvalue weighted by Crippen LogP contribution is 2.30. The average Bonchev–Trinajstić information content (AvgIpc) is 3.47.